The van der Waals surface area contributed by atoms with Crippen molar-refractivity contribution in [2.75, 3.05) is 25.7 Å². The van der Waals surface area contributed by atoms with Gasteiger partial charge in [-0.25, -0.2) is 9.97 Å². The molecule has 3 rings (SSSR count). The van der Waals surface area contributed by atoms with Crippen LogP contribution in [0, 0.1) is 0 Å². The number of anilines is 1. The Morgan fingerprint density at radius 2 is 2.04 bits per heavy atom. The fraction of sp³-hybridized carbons (Fsp3) is 0.353. The molecule has 0 spiro atoms. The van der Waals surface area contributed by atoms with Gasteiger partial charge in [-0.1, -0.05) is 6.07 Å². The summed E-state index contributed by atoms with van der Waals surface area (Å²) in [5.74, 6) is 2.33. The molecule has 0 saturated heterocycles. The van der Waals surface area contributed by atoms with Crippen molar-refractivity contribution in [1.82, 2.24) is 19.7 Å². The van der Waals surface area contributed by atoms with E-state index in [1.165, 1.54) is 0 Å². The molecule has 0 unspecified atom stereocenters. The molecular formula is C17H21N5O2. The van der Waals surface area contributed by atoms with Crippen molar-refractivity contribution < 1.29 is 9.47 Å². The van der Waals surface area contributed by atoms with Gasteiger partial charge in [0.25, 0.3) is 0 Å². The van der Waals surface area contributed by atoms with Crippen molar-refractivity contribution in [2.24, 2.45) is 7.05 Å². The summed E-state index contributed by atoms with van der Waals surface area (Å²) in [6.45, 7) is 3.24. The lowest BCUT2D eigenvalue weighted by Gasteiger charge is -2.19. The van der Waals surface area contributed by atoms with Gasteiger partial charge in [0.05, 0.1) is 25.3 Å². The van der Waals surface area contributed by atoms with Crippen molar-refractivity contribution in [3.63, 3.8) is 0 Å². The van der Waals surface area contributed by atoms with E-state index in [1.807, 2.05) is 39.2 Å². The highest BCUT2D eigenvalue weighted by atomic mass is 16.5. The Kier molecular flexibility index (Phi) is 4.50. The molecule has 0 bridgehead atoms. The van der Waals surface area contributed by atoms with E-state index in [0.29, 0.717) is 13.2 Å². The zero-order valence-corrected chi connectivity index (χ0v) is 14.4. The molecule has 7 nitrogen and oxygen atoms in total. The van der Waals surface area contributed by atoms with E-state index in [9.17, 15) is 0 Å². The molecule has 0 saturated carbocycles. The topological polar surface area (TPSA) is 65.3 Å². The molecule has 0 radical (unpaired) electrons. The zero-order valence-electron chi connectivity index (χ0n) is 14.4. The first kappa shape index (κ1) is 16.0. The minimum Gasteiger partial charge on any atom is -0.493 e. The molecule has 1 aromatic carbocycles. The average Bonchev–Trinajstić information content (AvgIpc) is 2.97. The Balaban J connectivity index is 1.87. The van der Waals surface area contributed by atoms with Gasteiger partial charge in [-0.2, -0.15) is 5.10 Å². The monoisotopic (exact) mass is 327 g/mol. The number of ether oxygens (including phenoxy) is 2. The van der Waals surface area contributed by atoms with E-state index in [0.717, 1.165) is 33.9 Å². The third-order valence-corrected chi connectivity index (χ3v) is 3.82. The Morgan fingerprint density at radius 3 is 2.79 bits per heavy atom. The maximum atomic E-state index is 5.56. The smallest absolute Gasteiger partial charge is 0.163 e. The Morgan fingerprint density at radius 1 is 1.21 bits per heavy atom. The van der Waals surface area contributed by atoms with Crippen molar-refractivity contribution in [1.29, 1.82) is 0 Å². The predicted molar refractivity (Wildman–Crippen MR) is 92.6 cm³/mol. The molecule has 0 aliphatic carbocycles. The Bertz CT molecular complexity index is 846. The van der Waals surface area contributed by atoms with Gasteiger partial charge in [-0.3, -0.25) is 4.68 Å². The van der Waals surface area contributed by atoms with Gasteiger partial charge < -0.3 is 14.4 Å². The fourth-order valence-electron chi connectivity index (χ4n) is 2.69. The average molecular weight is 327 g/mol. The summed E-state index contributed by atoms with van der Waals surface area (Å²) >= 11 is 0. The number of hydrogen-bond acceptors (Lipinski definition) is 6. The largest absolute Gasteiger partial charge is 0.493 e. The third kappa shape index (κ3) is 2.97. The lowest BCUT2D eigenvalue weighted by atomic mass is 10.2. The zero-order chi connectivity index (χ0) is 17.1. The summed E-state index contributed by atoms with van der Waals surface area (Å²) in [6.07, 6.45) is 3.36. The SMILES string of the molecule is CCOc1ccc(CN(C)c2ncnc3c2cnn3C)cc1OC. The van der Waals surface area contributed by atoms with Gasteiger partial charge >= 0.3 is 0 Å². The van der Waals surface area contributed by atoms with Crippen molar-refractivity contribution in [3.8, 4) is 11.5 Å². The molecule has 126 valence electrons. The molecule has 7 heteroatoms. The molecule has 0 fully saturated rings. The van der Waals surface area contributed by atoms with Gasteiger partial charge in [0.15, 0.2) is 17.1 Å². The first-order valence-electron chi connectivity index (χ1n) is 7.77. The van der Waals surface area contributed by atoms with Gasteiger partial charge in [0.2, 0.25) is 0 Å². The third-order valence-electron chi connectivity index (χ3n) is 3.82. The van der Waals surface area contributed by atoms with Crippen molar-refractivity contribution in [2.45, 2.75) is 13.5 Å². The highest BCUT2D eigenvalue weighted by Gasteiger charge is 2.13. The molecule has 0 aliphatic heterocycles. The first-order valence-corrected chi connectivity index (χ1v) is 7.77. The summed E-state index contributed by atoms with van der Waals surface area (Å²) < 4.78 is 12.7. The molecule has 2 aromatic heterocycles. The fourth-order valence-corrected chi connectivity index (χ4v) is 2.69. The van der Waals surface area contributed by atoms with Crippen LogP contribution in [0.5, 0.6) is 11.5 Å². The van der Waals surface area contributed by atoms with E-state index in [4.69, 9.17) is 9.47 Å². The molecule has 2 heterocycles. The van der Waals surface area contributed by atoms with Gasteiger partial charge in [-0.05, 0) is 24.6 Å². The van der Waals surface area contributed by atoms with Crippen molar-refractivity contribution >= 4 is 16.9 Å². The van der Waals surface area contributed by atoms with Crippen LogP contribution >= 0.6 is 0 Å². The minimum absolute atomic E-state index is 0.607. The summed E-state index contributed by atoms with van der Waals surface area (Å²) in [5.41, 5.74) is 1.92. The maximum absolute atomic E-state index is 5.56. The first-order chi connectivity index (χ1) is 11.6. The summed E-state index contributed by atoms with van der Waals surface area (Å²) in [7, 11) is 5.52. The van der Waals surface area contributed by atoms with Crippen LogP contribution in [-0.4, -0.2) is 40.5 Å². The number of methoxy groups -OCH3 is 1. The second-order valence-electron chi connectivity index (χ2n) is 5.48. The maximum Gasteiger partial charge on any atom is 0.163 e. The lowest BCUT2D eigenvalue weighted by molar-refractivity contribution is 0.310. The van der Waals surface area contributed by atoms with E-state index in [-0.39, 0.29) is 0 Å². The number of rotatable bonds is 6. The van der Waals surface area contributed by atoms with Crippen LogP contribution in [0.15, 0.2) is 30.7 Å². The Hall–Kier alpha value is -2.83. The highest BCUT2D eigenvalue weighted by Crippen LogP contribution is 2.29. The number of hydrogen-bond donors (Lipinski definition) is 0. The second-order valence-corrected chi connectivity index (χ2v) is 5.48. The summed E-state index contributed by atoms with van der Waals surface area (Å²) in [6, 6.07) is 5.96. The summed E-state index contributed by atoms with van der Waals surface area (Å²) in [4.78, 5) is 10.8. The van der Waals surface area contributed by atoms with Crippen LogP contribution in [0.2, 0.25) is 0 Å². The Labute approximate surface area is 140 Å². The molecule has 0 aliphatic rings. The molecule has 24 heavy (non-hydrogen) atoms. The number of benzene rings is 1. The van der Waals surface area contributed by atoms with Crippen LogP contribution < -0.4 is 14.4 Å². The van der Waals surface area contributed by atoms with Gasteiger partial charge in [0, 0.05) is 20.6 Å². The van der Waals surface area contributed by atoms with Crippen LogP contribution in [0.3, 0.4) is 0 Å². The number of nitrogens with zero attached hydrogens (tertiary/aromatic N) is 5. The number of aryl methyl sites for hydroxylation is 1. The molecule has 0 atom stereocenters. The van der Waals surface area contributed by atoms with Gasteiger partial charge in [0.1, 0.15) is 12.1 Å². The van der Waals surface area contributed by atoms with Crippen molar-refractivity contribution in [3.05, 3.63) is 36.3 Å². The predicted octanol–water partition coefficient (Wildman–Crippen LogP) is 2.41. The molecule has 0 amide bonds. The van der Waals surface area contributed by atoms with Crippen LogP contribution in [0.4, 0.5) is 5.82 Å². The molecule has 3 aromatic rings. The van der Waals surface area contributed by atoms with Crippen LogP contribution in [0.25, 0.3) is 11.0 Å². The highest BCUT2D eigenvalue weighted by molar-refractivity contribution is 5.86. The summed E-state index contributed by atoms with van der Waals surface area (Å²) in [5, 5.41) is 5.19. The molecule has 0 N–H and O–H groups in total. The quantitative estimate of drug-likeness (QED) is 0.693. The van der Waals surface area contributed by atoms with Gasteiger partial charge in [-0.15, -0.1) is 0 Å². The van der Waals surface area contributed by atoms with E-state index < -0.39 is 0 Å². The van der Waals surface area contributed by atoms with Crippen LogP contribution in [0.1, 0.15) is 12.5 Å². The number of aromatic nitrogens is 4. The van der Waals surface area contributed by atoms with E-state index in [1.54, 1.807) is 24.3 Å². The van der Waals surface area contributed by atoms with E-state index in [2.05, 4.69) is 20.0 Å². The number of fused-ring (bicyclic) bond motifs is 1. The van der Waals surface area contributed by atoms with Crippen LogP contribution in [-0.2, 0) is 13.6 Å². The second kappa shape index (κ2) is 6.74. The standard InChI is InChI=1S/C17H21N5O2/c1-5-24-14-7-6-12(8-15(14)23-4)10-21(2)16-13-9-20-22(3)17(13)19-11-18-16/h6-9,11H,5,10H2,1-4H3. The minimum atomic E-state index is 0.607. The normalized spacial score (nSPS) is 10.8. The molecular weight excluding hydrogens is 306 g/mol. The van der Waals surface area contributed by atoms with E-state index >= 15 is 0 Å². The lowest BCUT2D eigenvalue weighted by Crippen LogP contribution is -2.18.